The summed E-state index contributed by atoms with van der Waals surface area (Å²) in [6, 6.07) is 4.46. The highest BCUT2D eigenvalue weighted by atomic mass is 32.2. The van der Waals surface area contributed by atoms with Crippen molar-refractivity contribution in [1.29, 1.82) is 0 Å². The minimum absolute atomic E-state index is 0.0486. The zero-order valence-corrected chi connectivity index (χ0v) is 16.3. The Morgan fingerprint density at radius 3 is 2.59 bits per heavy atom. The number of rotatable bonds is 7. The van der Waals surface area contributed by atoms with E-state index in [1.807, 2.05) is 6.92 Å². The number of carbonyl (C=O) groups excluding carboxylic acids is 2. The molecule has 1 heterocycles. The van der Waals surface area contributed by atoms with E-state index in [9.17, 15) is 18.0 Å². The molecule has 1 amide bonds. The summed E-state index contributed by atoms with van der Waals surface area (Å²) in [5.74, 6) is -0.993. The van der Waals surface area contributed by atoms with Gasteiger partial charge >= 0.3 is 5.97 Å². The molecule has 0 aliphatic heterocycles. The SMILES string of the molecule is CCc1noc(C)c1C(=O)OCC(=O)Nc1ccc(C)c(S(=O)(=O)NC)c1. The summed E-state index contributed by atoms with van der Waals surface area (Å²) in [5, 5.41) is 6.26. The number of hydrogen-bond acceptors (Lipinski definition) is 7. The van der Waals surface area contributed by atoms with Crippen molar-refractivity contribution in [3.05, 3.63) is 40.8 Å². The van der Waals surface area contributed by atoms with Gasteiger partial charge in [-0.25, -0.2) is 17.9 Å². The van der Waals surface area contributed by atoms with Gasteiger partial charge in [0, 0.05) is 5.69 Å². The Labute approximate surface area is 157 Å². The average Bonchev–Trinajstić information content (AvgIpc) is 3.02. The van der Waals surface area contributed by atoms with Gasteiger partial charge in [-0.3, -0.25) is 4.79 Å². The Balaban J connectivity index is 2.05. The molecule has 0 aliphatic carbocycles. The van der Waals surface area contributed by atoms with Crippen LogP contribution in [0.25, 0.3) is 0 Å². The Morgan fingerprint density at radius 1 is 1.26 bits per heavy atom. The number of aromatic nitrogens is 1. The first-order chi connectivity index (χ1) is 12.7. The second-order valence-electron chi connectivity index (χ2n) is 5.73. The fraction of sp³-hybridized carbons (Fsp3) is 0.353. The topological polar surface area (TPSA) is 128 Å². The van der Waals surface area contributed by atoms with Crippen LogP contribution in [-0.2, 0) is 26.0 Å². The van der Waals surface area contributed by atoms with E-state index in [4.69, 9.17) is 9.26 Å². The summed E-state index contributed by atoms with van der Waals surface area (Å²) in [7, 11) is -2.36. The molecule has 0 bridgehead atoms. The van der Waals surface area contributed by atoms with Crippen molar-refractivity contribution in [2.75, 3.05) is 19.0 Å². The first-order valence-electron chi connectivity index (χ1n) is 8.16. The van der Waals surface area contributed by atoms with Crippen molar-refractivity contribution >= 4 is 27.6 Å². The summed E-state index contributed by atoms with van der Waals surface area (Å²) < 4.78 is 36.2. The van der Waals surface area contributed by atoms with Crippen LogP contribution in [-0.4, -0.2) is 39.1 Å². The molecule has 9 nitrogen and oxygen atoms in total. The zero-order chi connectivity index (χ0) is 20.2. The molecule has 2 aromatic rings. The van der Waals surface area contributed by atoms with E-state index in [0.717, 1.165) is 0 Å². The zero-order valence-electron chi connectivity index (χ0n) is 15.5. The lowest BCUT2D eigenvalue weighted by atomic mass is 10.1. The molecular weight excluding hydrogens is 374 g/mol. The third-order valence-corrected chi connectivity index (χ3v) is 5.39. The molecule has 0 radical (unpaired) electrons. The molecule has 0 fully saturated rings. The van der Waals surface area contributed by atoms with Gasteiger partial charge in [0.1, 0.15) is 11.3 Å². The minimum Gasteiger partial charge on any atom is -0.452 e. The second-order valence-corrected chi connectivity index (χ2v) is 7.58. The van der Waals surface area contributed by atoms with E-state index in [0.29, 0.717) is 23.4 Å². The van der Waals surface area contributed by atoms with E-state index < -0.39 is 28.5 Å². The molecule has 1 aromatic heterocycles. The lowest BCUT2D eigenvalue weighted by Gasteiger charge is -2.10. The molecule has 0 aliphatic rings. The molecule has 2 N–H and O–H groups in total. The van der Waals surface area contributed by atoms with E-state index in [1.54, 1.807) is 26.0 Å². The van der Waals surface area contributed by atoms with Gasteiger partial charge in [-0.05, 0) is 45.0 Å². The first kappa shape index (κ1) is 20.6. The monoisotopic (exact) mass is 395 g/mol. The number of nitrogens with zero attached hydrogens (tertiary/aromatic N) is 1. The predicted molar refractivity (Wildman–Crippen MR) is 97.0 cm³/mol. The van der Waals surface area contributed by atoms with Gasteiger partial charge in [0.25, 0.3) is 5.91 Å². The Hall–Kier alpha value is -2.72. The maximum absolute atomic E-state index is 12.1. The van der Waals surface area contributed by atoms with Crippen molar-refractivity contribution in [2.45, 2.75) is 32.1 Å². The number of anilines is 1. The number of hydrogen-bond donors (Lipinski definition) is 2. The number of benzene rings is 1. The van der Waals surface area contributed by atoms with Crippen LogP contribution in [0.3, 0.4) is 0 Å². The van der Waals surface area contributed by atoms with Gasteiger partial charge in [-0.2, -0.15) is 0 Å². The van der Waals surface area contributed by atoms with Gasteiger partial charge in [0.15, 0.2) is 6.61 Å². The van der Waals surface area contributed by atoms with Gasteiger partial charge in [-0.1, -0.05) is 18.1 Å². The standard InChI is InChI=1S/C17H21N3O6S/c1-5-13-16(11(3)26-20-13)17(22)25-9-15(21)19-12-7-6-10(2)14(8-12)27(23,24)18-4/h6-8,18H,5,9H2,1-4H3,(H,19,21). The van der Waals surface area contributed by atoms with Crippen LogP contribution in [0.15, 0.2) is 27.6 Å². The molecule has 10 heteroatoms. The molecule has 0 saturated heterocycles. The number of nitrogens with one attached hydrogen (secondary N) is 2. The van der Waals surface area contributed by atoms with Crippen molar-refractivity contribution in [3.8, 4) is 0 Å². The average molecular weight is 395 g/mol. The third-order valence-electron chi connectivity index (χ3n) is 3.84. The highest BCUT2D eigenvalue weighted by molar-refractivity contribution is 7.89. The Kier molecular flexibility index (Phi) is 6.34. The Morgan fingerprint density at radius 2 is 1.96 bits per heavy atom. The summed E-state index contributed by atoms with van der Waals surface area (Å²) in [6.07, 6.45) is 0.486. The summed E-state index contributed by atoms with van der Waals surface area (Å²) in [4.78, 5) is 24.2. The van der Waals surface area contributed by atoms with Crippen molar-refractivity contribution in [1.82, 2.24) is 9.88 Å². The smallest absolute Gasteiger partial charge is 0.344 e. The van der Waals surface area contributed by atoms with Gasteiger partial charge in [-0.15, -0.1) is 0 Å². The first-order valence-corrected chi connectivity index (χ1v) is 9.64. The molecule has 0 saturated carbocycles. The summed E-state index contributed by atoms with van der Waals surface area (Å²) in [5.41, 5.74) is 1.47. The fourth-order valence-electron chi connectivity index (χ4n) is 2.40. The van der Waals surface area contributed by atoms with Crippen LogP contribution in [0.4, 0.5) is 5.69 Å². The quantitative estimate of drug-likeness (QED) is 0.681. The van der Waals surface area contributed by atoms with Crippen LogP contribution in [0, 0.1) is 13.8 Å². The third kappa shape index (κ3) is 4.72. The maximum atomic E-state index is 12.1. The Bertz CT molecular complexity index is 965. The normalized spacial score (nSPS) is 11.3. The van der Waals surface area contributed by atoms with Crippen LogP contribution >= 0.6 is 0 Å². The van der Waals surface area contributed by atoms with Crippen LogP contribution in [0.5, 0.6) is 0 Å². The van der Waals surface area contributed by atoms with Gasteiger partial charge in [0.2, 0.25) is 10.0 Å². The summed E-state index contributed by atoms with van der Waals surface area (Å²) >= 11 is 0. The predicted octanol–water partition coefficient (Wildman–Crippen LogP) is 1.56. The molecule has 2 rings (SSSR count). The number of amides is 1. The van der Waals surface area contributed by atoms with Crippen LogP contribution in [0.2, 0.25) is 0 Å². The largest absolute Gasteiger partial charge is 0.452 e. The van der Waals surface area contributed by atoms with Gasteiger partial charge in [0.05, 0.1) is 10.6 Å². The maximum Gasteiger partial charge on any atom is 0.344 e. The highest BCUT2D eigenvalue weighted by Crippen LogP contribution is 2.20. The molecule has 27 heavy (non-hydrogen) atoms. The number of ether oxygens (including phenoxy) is 1. The number of esters is 1. The van der Waals surface area contributed by atoms with Gasteiger partial charge < -0.3 is 14.6 Å². The molecular formula is C17H21N3O6S. The number of aryl methyl sites for hydroxylation is 3. The molecule has 0 spiro atoms. The van der Waals surface area contributed by atoms with Crippen molar-refractivity contribution in [2.24, 2.45) is 0 Å². The van der Waals surface area contributed by atoms with E-state index >= 15 is 0 Å². The second kappa shape index (κ2) is 8.31. The van der Waals surface area contributed by atoms with E-state index in [-0.39, 0.29) is 16.1 Å². The molecule has 146 valence electrons. The van der Waals surface area contributed by atoms with E-state index in [2.05, 4.69) is 15.2 Å². The molecule has 0 atom stereocenters. The lowest BCUT2D eigenvalue weighted by Crippen LogP contribution is -2.22. The van der Waals surface area contributed by atoms with Crippen molar-refractivity contribution in [3.63, 3.8) is 0 Å². The lowest BCUT2D eigenvalue weighted by molar-refractivity contribution is -0.119. The molecule has 0 unspecified atom stereocenters. The van der Waals surface area contributed by atoms with Crippen LogP contribution in [0.1, 0.15) is 34.3 Å². The van der Waals surface area contributed by atoms with Crippen molar-refractivity contribution < 1.29 is 27.3 Å². The highest BCUT2D eigenvalue weighted by Gasteiger charge is 2.21. The molecule has 1 aromatic carbocycles. The summed E-state index contributed by atoms with van der Waals surface area (Å²) in [6.45, 7) is 4.51. The van der Waals surface area contributed by atoms with Crippen LogP contribution < -0.4 is 10.0 Å². The number of sulfonamides is 1. The number of carbonyl (C=O) groups is 2. The van der Waals surface area contributed by atoms with E-state index in [1.165, 1.54) is 13.1 Å². The fourth-order valence-corrected chi connectivity index (χ4v) is 3.39. The minimum atomic E-state index is -3.66.